The topological polar surface area (TPSA) is 37.3 Å². The maximum atomic E-state index is 13.3. The van der Waals surface area contributed by atoms with Gasteiger partial charge in [0.05, 0.1) is 6.10 Å². The van der Waals surface area contributed by atoms with Crippen LogP contribution in [0.25, 0.3) is 0 Å². The molecule has 98 valence electrons. The second kappa shape index (κ2) is 6.01. The van der Waals surface area contributed by atoms with Gasteiger partial charge in [-0.1, -0.05) is 66.7 Å². The number of hydrogen-bond acceptors (Lipinski definition) is 2. The molecule has 0 bridgehead atoms. The summed E-state index contributed by atoms with van der Waals surface area (Å²) in [6, 6.07) is 18.7. The minimum Gasteiger partial charge on any atom is -0.389 e. The van der Waals surface area contributed by atoms with E-state index in [9.17, 15) is 9.67 Å². The summed E-state index contributed by atoms with van der Waals surface area (Å²) >= 11 is 0. The number of rotatable bonds is 4. The summed E-state index contributed by atoms with van der Waals surface area (Å²) < 4.78 is 13.3. The van der Waals surface area contributed by atoms with E-state index in [0.717, 1.165) is 10.6 Å². The second-order valence-corrected chi connectivity index (χ2v) is 7.06. The Labute approximate surface area is 113 Å². The average molecular weight is 272 g/mol. The Morgan fingerprint density at radius 2 is 1.37 bits per heavy atom. The number of aliphatic hydroxyl groups is 1. The standard InChI is InChI=1S/C16H17O2P/c1-14(17)12-13-19(18,15-8-4-2-5-9-15)16-10-6-3-7-11-16/h2-14,17H,1H3/b13-12+/t14-/m1/s1. The Balaban J connectivity index is 2.55. The fourth-order valence-corrected chi connectivity index (χ4v) is 4.23. The van der Waals surface area contributed by atoms with Crippen molar-refractivity contribution < 1.29 is 9.67 Å². The van der Waals surface area contributed by atoms with Gasteiger partial charge in [-0.05, 0) is 12.7 Å². The van der Waals surface area contributed by atoms with Crippen molar-refractivity contribution in [2.45, 2.75) is 13.0 Å². The van der Waals surface area contributed by atoms with Crippen LogP contribution < -0.4 is 10.6 Å². The highest BCUT2D eigenvalue weighted by molar-refractivity contribution is 7.81. The maximum Gasteiger partial charge on any atom is 0.163 e. The van der Waals surface area contributed by atoms with Crippen molar-refractivity contribution in [1.29, 1.82) is 0 Å². The predicted molar refractivity (Wildman–Crippen MR) is 80.6 cm³/mol. The van der Waals surface area contributed by atoms with Crippen molar-refractivity contribution >= 4 is 17.8 Å². The first-order chi connectivity index (χ1) is 9.13. The highest BCUT2D eigenvalue weighted by atomic mass is 31.2. The Morgan fingerprint density at radius 1 is 0.947 bits per heavy atom. The van der Waals surface area contributed by atoms with Crippen LogP contribution in [0, 0.1) is 0 Å². The van der Waals surface area contributed by atoms with E-state index in [1.54, 1.807) is 18.8 Å². The van der Waals surface area contributed by atoms with E-state index >= 15 is 0 Å². The third-order valence-electron chi connectivity index (χ3n) is 2.85. The van der Waals surface area contributed by atoms with Gasteiger partial charge >= 0.3 is 0 Å². The molecule has 0 aliphatic rings. The summed E-state index contributed by atoms with van der Waals surface area (Å²) in [6.45, 7) is 1.65. The first kappa shape index (κ1) is 13.8. The molecule has 0 heterocycles. The second-order valence-electron chi connectivity index (χ2n) is 4.41. The highest BCUT2D eigenvalue weighted by Gasteiger charge is 2.23. The smallest absolute Gasteiger partial charge is 0.163 e. The zero-order valence-electron chi connectivity index (χ0n) is 10.8. The summed E-state index contributed by atoms with van der Waals surface area (Å²) in [5, 5.41) is 11.0. The summed E-state index contributed by atoms with van der Waals surface area (Å²) in [5.74, 6) is 1.64. The monoisotopic (exact) mass is 272 g/mol. The van der Waals surface area contributed by atoms with Gasteiger partial charge in [-0.15, -0.1) is 0 Å². The lowest BCUT2D eigenvalue weighted by molar-refractivity contribution is 0.244. The molecule has 0 aromatic heterocycles. The lowest BCUT2D eigenvalue weighted by atomic mass is 10.4. The van der Waals surface area contributed by atoms with Gasteiger partial charge in [0.25, 0.3) is 0 Å². The van der Waals surface area contributed by atoms with Crippen LogP contribution in [0.15, 0.2) is 72.6 Å². The molecule has 0 fully saturated rings. The van der Waals surface area contributed by atoms with E-state index in [-0.39, 0.29) is 0 Å². The molecule has 0 amide bonds. The van der Waals surface area contributed by atoms with Gasteiger partial charge in [0.1, 0.15) is 0 Å². The molecule has 19 heavy (non-hydrogen) atoms. The van der Waals surface area contributed by atoms with Crippen molar-refractivity contribution in [1.82, 2.24) is 0 Å². The quantitative estimate of drug-likeness (QED) is 0.869. The minimum absolute atomic E-state index is 0.610. The molecule has 2 aromatic rings. The molecule has 0 radical (unpaired) electrons. The molecule has 0 saturated heterocycles. The van der Waals surface area contributed by atoms with Gasteiger partial charge in [0, 0.05) is 10.6 Å². The molecule has 0 saturated carbocycles. The van der Waals surface area contributed by atoms with Crippen LogP contribution in [0.4, 0.5) is 0 Å². The minimum atomic E-state index is -2.82. The van der Waals surface area contributed by atoms with E-state index in [2.05, 4.69) is 0 Å². The summed E-state index contributed by atoms with van der Waals surface area (Å²) in [5.41, 5.74) is 0. The molecular formula is C16H17O2P. The molecule has 1 atom stereocenters. The van der Waals surface area contributed by atoms with Gasteiger partial charge in [0.2, 0.25) is 0 Å². The SMILES string of the molecule is C[C@@H](O)/C=C/P(=O)(c1ccccc1)c1ccccc1. The van der Waals surface area contributed by atoms with Crippen LogP contribution in [0.5, 0.6) is 0 Å². The fourth-order valence-electron chi connectivity index (χ4n) is 1.87. The number of aliphatic hydroxyl groups excluding tert-OH is 1. The van der Waals surface area contributed by atoms with Crippen molar-refractivity contribution in [3.63, 3.8) is 0 Å². The van der Waals surface area contributed by atoms with Crippen molar-refractivity contribution in [3.05, 3.63) is 72.6 Å². The van der Waals surface area contributed by atoms with Crippen LogP contribution in [0.3, 0.4) is 0 Å². The lowest BCUT2D eigenvalue weighted by Gasteiger charge is -2.15. The first-order valence-electron chi connectivity index (χ1n) is 6.21. The van der Waals surface area contributed by atoms with Crippen molar-refractivity contribution in [3.8, 4) is 0 Å². The molecule has 0 spiro atoms. The van der Waals surface area contributed by atoms with Crippen LogP contribution >= 0.6 is 7.14 Å². The third kappa shape index (κ3) is 3.23. The molecule has 0 unspecified atom stereocenters. The average Bonchev–Trinajstić information content (AvgIpc) is 2.46. The molecule has 2 nitrogen and oxygen atoms in total. The molecular weight excluding hydrogens is 255 g/mol. The van der Waals surface area contributed by atoms with E-state index in [0.29, 0.717) is 0 Å². The van der Waals surface area contributed by atoms with E-state index < -0.39 is 13.2 Å². The van der Waals surface area contributed by atoms with Crippen molar-refractivity contribution in [2.24, 2.45) is 0 Å². The van der Waals surface area contributed by atoms with E-state index in [4.69, 9.17) is 0 Å². The normalized spacial score (nSPS) is 13.6. The van der Waals surface area contributed by atoms with E-state index in [1.165, 1.54) is 0 Å². The molecule has 3 heteroatoms. The van der Waals surface area contributed by atoms with Gasteiger partial charge < -0.3 is 9.67 Å². The predicted octanol–water partition coefficient (Wildman–Crippen LogP) is 2.90. The zero-order valence-corrected chi connectivity index (χ0v) is 11.7. The van der Waals surface area contributed by atoms with Crippen LogP contribution in [-0.2, 0) is 4.57 Å². The Bertz CT molecular complexity index is 545. The summed E-state index contributed by atoms with van der Waals surface area (Å²) in [4.78, 5) is 0. The Morgan fingerprint density at radius 3 is 1.74 bits per heavy atom. The highest BCUT2D eigenvalue weighted by Crippen LogP contribution is 2.44. The van der Waals surface area contributed by atoms with Crippen molar-refractivity contribution in [2.75, 3.05) is 0 Å². The number of hydrogen-bond donors (Lipinski definition) is 1. The number of benzene rings is 2. The largest absolute Gasteiger partial charge is 0.389 e. The van der Waals surface area contributed by atoms with Gasteiger partial charge in [0.15, 0.2) is 7.14 Å². The van der Waals surface area contributed by atoms with E-state index in [1.807, 2.05) is 60.7 Å². The summed E-state index contributed by atoms with van der Waals surface area (Å²) in [6.07, 6.45) is 0.974. The maximum absolute atomic E-state index is 13.3. The fraction of sp³-hybridized carbons (Fsp3) is 0.125. The molecule has 1 N–H and O–H groups in total. The van der Waals surface area contributed by atoms with Crippen LogP contribution in [0.1, 0.15) is 6.92 Å². The lowest BCUT2D eigenvalue weighted by Crippen LogP contribution is -2.14. The van der Waals surface area contributed by atoms with Gasteiger partial charge in [-0.25, -0.2) is 0 Å². The molecule has 2 aromatic carbocycles. The van der Waals surface area contributed by atoms with Crippen LogP contribution in [-0.4, -0.2) is 11.2 Å². The van der Waals surface area contributed by atoms with Gasteiger partial charge in [-0.3, -0.25) is 0 Å². The molecule has 0 aliphatic heterocycles. The van der Waals surface area contributed by atoms with Gasteiger partial charge in [-0.2, -0.15) is 0 Å². The molecule has 0 aliphatic carbocycles. The third-order valence-corrected chi connectivity index (χ3v) is 5.58. The van der Waals surface area contributed by atoms with Crippen LogP contribution in [0.2, 0.25) is 0 Å². The Kier molecular flexibility index (Phi) is 4.36. The Hall–Kier alpha value is -1.63. The molecule has 2 rings (SSSR count). The summed E-state index contributed by atoms with van der Waals surface area (Å²) in [7, 11) is -2.82. The first-order valence-corrected chi connectivity index (χ1v) is 7.99. The zero-order chi connectivity index (χ0) is 13.7.